The Hall–Kier alpha value is -2.95. The minimum absolute atomic E-state index is 0.278. The summed E-state index contributed by atoms with van der Waals surface area (Å²) in [6, 6.07) is 18.5. The standard InChI is InChI=1S/C26H24ClNO3/c1-16-5-8-19(9-6-16)15-28-23-11-10-20(27)13-22(23)26(31,25(28)30)14-24(29)21-12-17(2)4-7-18(21)3/h4-13,31H,14-15H2,1-3H3/t26-/m0/s1. The summed E-state index contributed by atoms with van der Waals surface area (Å²) in [5.41, 5.74) is 3.32. The Labute approximate surface area is 187 Å². The van der Waals surface area contributed by atoms with Crippen molar-refractivity contribution in [3.8, 4) is 0 Å². The Bertz CT molecular complexity index is 1190. The first-order valence-electron chi connectivity index (χ1n) is 10.2. The van der Waals surface area contributed by atoms with Crippen LogP contribution < -0.4 is 4.90 Å². The molecule has 31 heavy (non-hydrogen) atoms. The fourth-order valence-electron chi connectivity index (χ4n) is 4.09. The monoisotopic (exact) mass is 433 g/mol. The summed E-state index contributed by atoms with van der Waals surface area (Å²) in [7, 11) is 0. The van der Waals surface area contributed by atoms with Gasteiger partial charge in [0.1, 0.15) is 0 Å². The van der Waals surface area contributed by atoms with Crippen LogP contribution in [-0.4, -0.2) is 16.8 Å². The lowest BCUT2D eigenvalue weighted by Gasteiger charge is -2.23. The second kappa shape index (κ2) is 7.95. The number of rotatable bonds is 5. The van der Waals surface area contributed by atoms with Gasteiger partial charge in [-0.15, -0.1) is 0 Å². The molecule has 5 heteroatoms. The van der Waals surface area contributed by atoms with E-state index in [9.17, 15) is 14.7 Å². The average molecular weight is 434 g/mol. The molecule has 1 aliphatic heterocycles. The third kappa shape index (κ3) is 3.89. The molecular formula is C26H24ClNO3. The summed E-state index contributed by atoms with van der Waals surface area (Å²) >= 11 is 6.20. The van der Waals surface area contributed by atoms with Gasteiger partial charge in [-0.3, -0.25) is 9.59 Å². The molecule has 0 bridgehead atoms. The summed E-state index contributed by atoms with van der Waals surface area (Å²) in [5, 5.41) is 12.0. The predicted octanol–water partition coefficient (Wildman–Crippen LogP) is 5.27. The number of ketones is 1. The Morgan fingerprint density at radius 3 is 2.35 bits per heavy atom. The van der Waals surface area contributed by atoms with Crippen LogP contribution in [0.25, 0.3) is 0 Å². The van der Waals surface area contributed by atoms with Gasteiger partial charge in [0.05, 0.1) is 18.7 Å². The molecule has 1 N–H and O–H groups in total. The molecule has 0 unspecified atom stereocenters. The normalized spacial score (nSPS) is 17.7. The van der Waals surface area contributed by atoms with E-state index < -0.39 is 11.5 Å². The second-order valence-corrected chi connectivity index (χ2v) is 8.75. The van der Waals surface area contributed by atoms with Crippen molar-refractivity contribution < 1.29 is 14.7 Å². The molecule has 4 nitrogen and oxygen atoms in total. The average Bonchev–Trinajstić information content (AvgIpc) is 2.92. The van der Waals surface area contributed by atoms with Gasteiger partial charge in [0.15, 0.2) is 11.4 Å². The summed E-state index contributed by atoms with van der Waals surface area (Å²) in [6.07, 6.45) is -0.339. The third-order valence-corrected chi connectivity index (χ3v) is 6.10. The van der Waals surface area contributed by atoms with Crippen LogP contribution in [0.3, 0.4) is 0 Å². The van der Waals surface area contributed by atoms with Gasteiger partial charge in [-0.05, 0) is 56.2 Å². The molecule has 3 aromatic carbocycles. The van der Waals surface area contributed by atoms with Crippen molar-refractivity contribution >= 4 is 29.0 Å². The van der Waals surface area contributed by atoms with E-state index in [0.717, 1.165) is 22.3 Å². The number of amides is 1. The lowest BCUT2D eigenvalue weighted by molar-refractivity contribution is -0.136. The largest absolute Gasteiger partial charge is 0.375 e. The van der Waals surface area contributed by atoms with E-state index in [2.05, 4.69) is 0 Å². The molecule has 4 rings (SSSR count). The first-order valence-corrected chi connectivity index (χ1v) is 10.6. The lowest BCUT2D eigenvalue weighted by Crippen LogP contribution is -2.41. The predicted molar refractivity (Wildman–Crippen MR) is 123 cm³/mol. The summed E-state index contributed by atoms with van der Waals surface area (Å²) in [5.74, 6) is -0.788. The van der Waals surface area contributed by atoms with Crippen molar-refractivity contribution in [3.63, 3.8) is 0 Å². The number of Topliss-reactive ketones (excluding diaryl/α,β-unsaturated/α-hetero) is 1. The minimum Gasteiger partial charge on any atom is -0.375 e. The number of aryl methyl sites for hydroxylation is 3. The molecule has 0 saturated carbocycles. The van der Waals surface area contributed by atoms with Crippen LogP contribution in [0.2, 0.25) is 5.02 Å². The van der Waals surface area contributed by atoms with Gasteiger partial charge >= 0.3 is 0 Å². The van der Waals surface area contributed by atoms with Crippen molar-refractivity contribution in [1.82, 2.24) is 0 Å². The van der Waals surface area contributed by atoms with E-state index >= 15 is 0 Å². The van der Waals surface area contributed by atoms with E-state index in [1.54, 1.807) is 24.3 Å². The quantitative estimate of drug-likeness (QED) is 0.557. The number of anilines is 1. The molecule has 3 aromatic rings. The van der Waals surface area contributed by atoms with Crippen molar-refractivity contribution in [2.24, 2.45) is 0 Å². The molecule has 0 fully saturated rings. The molecule has 0 radical (unpaired) electrons. The molecule has 1 amide bonds. The number of halogens is 1. The van der Waals surface area contributed by atoms with Crippen LogP contribution in [0.5, 0.6) is 0 Å². The summed E-state index contributed by atoms with van der Waals surface area (Å²) in [4.78, 5) is 28.2. The van der Waals surface area contributed by atoms with Crippen LogP contribution in [0.15, 0.2) is 60.7 Å². The number of carbonyl (C=O) groups excluding carboxylic acids is 2. The molecule has 1 atom stereocenters. The van der Waals surface area contributed by atoms with Crippen molar-refractivity contribution in [3.05, 3.63) is 99.1 Å². The summed E-state index contributed by atoms with van der Waals surface area (Å²) in [6.45, 7) is 6.05. The maximum absolute atomic E-state index is 13.5. The first-order chi connectivity index (χ1) is 14.7. The van der Waals surface area contributed by atoms with E-state index in [1.165, 1.54) is 4.90 Å². The van der Waals surface area contributed by atoms with Gasteiger partial charge < -0.3 is 10.0 Å². The zero-order valence-electron chi connectivity index (χ0n) is 17.8. The second-order valence-electron chi connectivity index (χ2n) is 8.32. The summed E-state index contributed by atoms with van der Waals surface area (Å²) < 4.78 is 0. The molecule has 0 spiro atoms. The number of hydrogen-bond acceptors (Lipinski definition) is 3. The SMILES string of the molecule is Cc1ccc(CN2C(=O)[C@](O)(CC(=O)c3cc(C)ccc3C)c3cc(Cl)ccc32)cc1. The van der Waals surface area contributed by atoms with Crippen LogP contribution in [0.4, 0.5) is 5.69 Å². The van der Waals surface area contributed by atoms with E-state index in [-0.39, 0.29) is 12.2 Å². The number of benzene rings is 3. The van der Waals surface area contributed by atoms with Crippen molar-refractivity contribution in [1.29, 1.82) is 0 Å². The Kier molecular flexibility index (Phi) is 5.46. The Morgan fingerprint density at radius 2 is 1.65 bits per heavy atom. The molecule has 158 valence electrons. The maximum atomic E-state index is 13.5. The minimum atomic E-state index is -1.96. The van der Waals surface area contributed by atoms with Crippen LogP contribution in [0, 0.1) is 20.8 Å². The van der Waals surface area contributed by atoms with Gasteiger partial charge in [0.25, 0.3) is 5.91 Å². The smallest absolute Gasteiger partial charge is 0.264 e. The number of nitrogens with zero attached hydrogens (tertiary/aromatic N) is 1. The number of aliphatic hydroxyl groups is 1. The van der Waals surface area contributed by atoms with Crippen LogP contribution in [-0.2, 0) is 16.9 Å². The van der Waals surface area contributed by atoms with Gasteiger partial charge in [-0.2, -0.15) is 0 Å². The zero-order chi connectivity index (χ0) is 22.3. The maximum Gasteiger partial charge on any atom is 0.264 e. The van der Waals surface area contributed by atoms with Gasteiger partial charge in [-0.25, -0.2) is 0 Å². The van der Waals surface area contributed by atoms with Gasteiger partial charge in [0, 0.05) is 16.1 Å². The van der Waals surface area contributed by atoms with E-state index in [4.69, 9.17) is 11.6 Å². The molecule has 1 heterocycles. The number of fused-ring (bicyclic) bond motifs is 1. The highest BCUT2D eigenvalue weighted by Gasteiger charge is 2.51. The zero-order valence-corrected chi connectivity index (χ0v) is 18.5. The lowest BCUT2D eigenvalue weighted by atomic mass is 9.87. The fraction of sp³-hybridized carbons (Fsp3) is 0.231. The topological polar surface area (TPSA) is 57.6 Å². The Balaban J connectivity index is 1.72. The highest BCUT2D eigenvalue weighted by atomic mass is 35.5. The number of carbonyl (C=O) groups is 2. The van der Waals surface area contributed by atoms with Gasteiger partial charge in [0.2, 0.25) is 0 Å². The Morgan fingerprint density at radius 1 is 0.968 bits per heavy atom. The molecule has 1 aliphatic rings. The van der Waals surface area contributed by atoms with E-state index in [1.807, 2.05) is 57.2 Å². The van der Waals surface area contributed by atoms with Gasteiger partial charge in [-0.1, -0.05) is 59.1 Å². The van der Waals surface area contributed by atoms with Crippen molar-refractivity contribution in [2.45, 2.75) is 39.3 Å². The van der Waals surface area contributed by atoms with Crippen molar-refractivity contribution in [2.75, 3.05) is 4.90 Å². The third-order valence-electron chi connectivity index (χ3n) is 5.87. The van der Waals surface area contributed by atoms with Crippen LogP contribution in [0.1, 0.15) is 44.6 Å². The highest BCUT2D eigenvalue weighted by molar-refractivity contribution is 6.31. The van der Waals surface area contributed by atoms with Crippen LogP contribution >= 0.6 is 11.6 Å². The fourth-order valence-corrected chi connectivity index (χ4v) is 4.26. The van der Waals surface area contributed by atoms with E-state index in [0.29, 0.717) is 28.4 Å². The first kappa shape index (κ1) is 21.3. The molecular weight excluding hydrogens is 410 g/mol. The highest BCUT2D eigenvalue weighted by Crippen LogP contribution is 2.45. The molecule has 0 aliphatic carbocycles. The number of hydrogen-bond donors (Lipinski definition) is 1. The molecule has 0 aromatic heterocycles. The molecule has 0 saturated heterocycles.